The van der Waals surface area contributed by atoms with Crippen LogP contribution in [-0.2, 0) is 13.0 Å². The molecule has 2 aromatic carbocycles. The zero-order chi connectivity index (χ0) is 18.6. The fourth-order valence-electron chi connectivity index (χ4n) is 3.66. The van der Waals surface area contributed by atoms with Crippen molar-refractivity contribution in [2.45, 2.75) is 19.0 Å². The molecule has 0 amide bonds. The van der Waals surface area contributed by atoms with E-state index in [9.17, 15) is 0 Å². The number of nitrogens with zero attached hydrogens (tertiary/aromatic N) is 2. The van der Waals surface area contributed by atoms with Gasteiger partial charge in [-0.1, -0.05) is 54.1 Å². The second-order valence-electron chi connectivity index (χ2n) is 6.74. The average molecular weight is 396 g/mol. The maximum Gasteiger partial charge on any atom is 0.169 e. The van der Waals surface area contributed by atoms with Gasteiger partial charge in [0.2, 0.25) is 0 Å². The lowest BCUT2D eigenvalue weighted by Gasteiger charge is -2.39. The number of thiocarbonyl (C=S) groups is 1. The highest BCUT2D eigenvalue weighted by Gasteiger charge is 2.30. The lowest BCUT2D eigenvalue weighted by Crippen LogP contribution is -2.47. The molecular formula is C22H22ClN3S. The third kappa shape index (κ3) is 4.02. The van der Waals surface area contributed by atoms with E-state index in [0.717, 1.165) is 36.2 Å². The molecule has 0 unspecified atom stereocenters. The number of hydrogen-bond donors (Lipinski definition) is 1. The Morgan fingerprint density at radius 3 is 2.56 bits per heavy atom. The third-order valence-electron chi connectivity index (χ3n) is 5.02. The maximum atomic E-state index is 6.10. The van der Waals surface area contributed by atoms with Crippen LogP contribution in [0.4, 0.5) is 0 Å². The van der Waals surface area contributed by atoms with E-state index in [4.69, 9.17) is 23.8 Å². The monoisotopic (exact) mass is 395 g/mol. The van der Waals surface area contributed by atoms with Gasteiger partial charge in [0.15, 0.2) is 5.11 Å². The Morgan fingerprint density at radius 1 is 1.00 bits per heavy atom. The summed E-state index contributed by atoms with van der Waals surface area (Å²) >= 11 is 11.9. The molecule has 0 aliphatic carbocycles. The Labute approximate surface area is 170 Å². The predicted octanol–water partition coefficient (Wildman–Crippen LogP) is 4.66. The van der Waals surface area contributed by atoms with Crippen LogP contribution in [0.3, 0.4) is 0 Å². The topological polar surface area (TPSA) is 20.2 Å². The molecule has 0 bridgehead atoms. The van der Waals surface area contributed by atoms with E-state index in [1.54, 1.807) is 0 Å². The van der Waals surface area contributed by atoms with Crippen molar-refractivity contribution in [3.63, 3.8) is 0 Å². The number of benzene rings is 2. The van der Waals surface area contributed by atoms with Gasteiger partial charge in [-0.2, -0.15) is 0 Å². The molecule has 1 aliphatic rings. The van der Waals surface area contributed by atoms with Gasteiger partial charge in [0, 0.05) is 36.5 Å². The number of halogens is 1. The Morgan fingerprint density at radius 2 is 1.78 bits per heavy atom. The smallest absolute Gasteiger partial charge is 0.169 e. The van der Waals surface area contributed by atoms with Crippen LogP contribution in [0, 0.1) is 0 Å². The molecule has 0 spiro atoms. The third-order valence-corrected chi connectivity index (χ3v) is 5.65. The lowest BCUT2D eigenvalue weighted by atomic mass is 10.0. The number of nitrogens with one attached hydrogen (secondary N) is 1. The van der Waals surface area contributed by atoms with E-state index in [1.165, 1.54) is 16.8 Å². The van der Waals surface area contributed by atoms with Crippen LogP contribution >= 0.6 is 23.8 Å². The zero-order valence-corrected chi connectivity index (χ0v) is 16.6. The number of fused-ring (bicyclic) bond motifs is 1. The summed E-state index contributed by atoms with van der Waals surface area (Å²) in [5.41, 5.74) is 3.77. The first-order valence-corrected chi connectivity index (χ1v) is 10.00. The number of hydrogen-bond acceptors (Lipinski definition) is 1. The number of aromatic nitrogens is 1. The zero-order valence-electron chi connectivity index (χ0n) is 15.0. The summed E-state index contributed by atoms with van der Waals surface area (Å²) in [7, 11) is 0. The summed E-state index contributed by atoms with van der Waals surface area (Å²) in [6.07, 6.45) is 3.10. The first-order valence-electron chi connectivity index (χ1n) is 9.21. The van der Waals surface area contributed by atoms with Crippen molar-refractivity contribution in [3.05, 3.63) is 94.8 Å². The van der Waals surface area contributed by atoms with E-state index in [2.05, 4.69) is 69.5 Å². The summed E-state index contributed by atoms with van der Waals surface area (Å²) in [6, 6.07) is 22.9. The van der Waals surface area contributed by atoms with E-state index in [0.29, 0.717) is 0 Å². The quantitative estimate of drug-likeness (QED) is 0.648. The summed E-state index contributed by atoms with van der Waals surface area (Å²) in [6.45, 7) is 2.65. The van der Waals surface area contributed by atoms with Crippen molar-refractivity contribution in [2.24, 2.45) is 0 Å². The molecule has 4 rings (SSSR count). The van der Waals surface area contributed by atoms with Crippen LogP contribution in [0.2, 0.25) is 5.02 Å². The molecule has 1 aliphatic heterocycles. The highest BCUT2D eigenvalue weighted by Crippen LogP contribution is 2.33. The van der Waals surface area contributed by atoms with Crippen LogP contribution in [0.5, 0.6) is 0 Å². The molecule has 3 aromatic rings. The van der Waals surface area contributed by atoms with Crippen LogP contribution in [0.1, 0.15) is 22.9 Å². The lowest BCUT2D eigenvalue weighted by molar-refractivity contribution is 0.286. The van der Waals surface area contributed by atoms with Gasteiger partial charge in [-0.25, -0.2) is 0 Å². The number of rotatable bonds is 4. The average Bonchev–Trinajstić information content (AvgIpc) is 3.17. The molecule has 138 valence electrons. The van der Waals surface area contributed by atoms with Crippen molar-refractivity contribution in [3.8, 4) is 0 Å². The fourth-order valence-corrected chi connectivity index (χ4v) is 4.08. The van der Waals surface area contributed by atoms with Crippen LogP contribution in [0.15, 0.2) is 72.9 Å². The molecule has 1 N–H and O–H groups in total. The Balaban J connectivity index is 1.51. The molecule has 1 aromatic heterocycles. The minimum Gasteiger partial charge on any atom is -0.362 e. The molecular weight excluding hydrogens is 374 g/mol. The molecule has 5 heteroatoms. The molecule has 0 saturated heterocycles. The van der Waals surface area contributed by atoms with Crippen molar-refractivity contribution < 1.29 is 0 Å². The summed E-state index contributed by atoms with van der Waals surface area (Å²) in [5.74, 6) is 0. The van der Waals surface area contributed by atoms with Gasteiger partial charge in [-0.15, -0.1) is 0 Å². The van der Waals surface area contributed by atoms with Gasteiger partial charge in [-0.3, -0.25) is 0 Å². The minimum atomic E-state index is 0.0998. The van der Waals surface area contributed by atoms with Crippen molar-refractivity contribution in [1.82, 2.24) is 14.8 Å². The van der Waals surface area contributed by atoms with E-state index >= 15 is 0 Å². The Kier molecular flexibility index (Phi) is 5.46. The highest BCUT2D eigenvalue weighted by molar-refractivity contribution is 7.80. The van der Waals surface area contributed by atoms with Gasteiger partial charge < -0.3 is 14.8 Å². The summed E-state index contributed by atoms with van der Waals surface area (Å²) < 4.78 is 2.31. The van der Waals surface area contributed by atoms with Crippen LogP contribution in [-0.4, -0.2) is 27.7 Å². The molecule has 0 fully saturated rings. The standard InChI is InChI=1S/C22H22ClN3S/c23-19-10-8-18(9-11-19)21-20-7-4-14-25(20)15-16-26(21)22(27)24-13-12-17-5-2-1-3-6-17/h1-11,14,21H,12-13,15-16H2,(H,24,27)/t21-/m0/s1. The molecule has 27 heavy (non-hydrogen) atoms. The second kappa shape index (κ2) is 8.15. The maximum absolute atomic E-state index is 6.10. The van der Waals surface area contributed by atoms with E-state index in [-0.39, 0.29) is 6.04 Å². The van der Waals surface area contributed by atoms with Crippen LogP contribution < -0.4 is 5.32 Å². The second-order valence-corrected chi connectivity index (χ2v) is 7.56. The predicted molar refractivity (Wildman–Crippen MR) is 115 cm³/mol. The largest absolute Gasteiger partial charge is 0.362 e. The molecule has 2 heterocycles. The van der Waals surface area contributed by atoms with Crippen molar-refractivity contribution in [1.29, 1.82) is 0 Å². The van der Waals surface area contributed by atoms with Gasteiger partial charge in [0.25, 0.3) is 0 Å². The summed E-state index contributed by atoms with van der Waals surface area (Å²) in [5, 5.41) is 5.01. The fraction of sp³-hybridized carbons (Fsp3) is 0.227. The van der Waals surface area contributed by atoms with Crippen molar-refractivity contribution in [2.75, 3.05) is 13.1 Å². The van der Waals surface area contributed by atoms with Crippen molar-refractivity contribution >= 4 is 28.9 Å². The van der Waals surface area contributed by atoms with E-state index in [1.807, 2.05) is 18.2 Å². The van der Waals surface area contributed by atoms with Gasteiger partial charge in [0.1, 0.15) is 0 Å². The molecule has 1 atom stereocenters. The highest BCUT2D eigenvalue weighted by atomic mass is 35.5. The van der Waals surface area contributed by atoms with Gasteiger partial charge >= 0.3 is 0 Å². The minimum absolute atomic E-state index is 0.0998. The normalized spacial score (nSPS) is 16.0. The summed E-state index contributed by atoms with van der Waals surface area (Å²) in [4.78, 5) is 2.29. The molecule has 3 nitrogen and oxygen atoms in total. The molecule has 0 radical (unpaired) electrons. The Bertz CT molecular complexity index is 905. The first kappa shape index (κ1) is 18.1. The first-order chi connectivity index (χ1) is 13.2. The van der Waals surface area contributed by atoms with Crippen LogP contribution in [0.25, 0.3) is 0 Å². The molecule has 0 saturated carbocycles. The van der Waals surface area contributed by atoms with Gasteiger partial charge in [0.05, 0.1) is 6.04 Å². The van der Waals surface area contributed by atoms with Gasteiger partial charge in [-0.05, 0) is 54.0 Å². The van der Waals surface area contributed by atoms with E-state index < -0.39 is 0 Å². The Hall–Kier alpha value is -2.30. The SMILES string of the molecule is S=C(NCCc1ccccc1)N1CCn2cccc2[C@@H]1c1ccc(Cl)cc1.